The number of aromatic nitrogens is 5. The minimum absolute atomic E-state index is 0.0253. The van der Waals surface area contributed by atoms with Crippen LogP contribution in [0.3, 0.4) is 0 Å². The van der Waals surface area contributed by atoms with Gasteiger partial charge in [-0.25, -0.2) is 15.0 Å². The zero-order valence-electron chi connectivity index (χ0n) is 41.2. The van der Waals surface area contributed by atoms with E-state index in [1.807, 2.05) is 88.1 Å². The van der Waals surface area contributed by atoms with Gasteiger partial charge in [0, 0.05) is 69.1 Å². The molecule has 3 amide bonds. The number of phenols is 1. The number of aromatic hydroxyl groups is 1. The highest BCUT2D eigenvalue weighted by Crippen LogP contribution is 2.35. The van der Waals surface area contributed by atoms with Gasteiger partial charge in [0.25, 0.3) is 0 Å². The van der Waals surface area contributed by atoms with Crippen molar-refractivity contribution in [3.05, 3.63) is 89.3 Å². The number of nitrogens with two attached hydrogens (primary N) is 1. The number of likely N-dealkylation sites (tertiary alicyclic amines) is 2. The van der Waals surface area contributed by atoms with Crippen LogP contribution in [0.2, 0.25) is 0 Å². The van der Waals surface area contributed by atoms with Crippen LogP contribution in [0, 0.1) is 12.3 Å². The first kappa shape index (κ1) is 50.2. The number of aliphatic hydroxyl groups excluding tert-OH is 1. The fourth-order valence-electron chi connectivity index (χ4n) is 10.2. The van der Waals surface area contributed by atoms with Crippen LogP contribution in [0.4, 0.5) is 17.5 Å². The van der Waals surface area contributed by atoms with E-state index in [1.54, 1.807) is 23.5 Å². The lowest BCUT2D eigenvalue weighted by Gasteiger charge is -2.46. The minimum Gasteiger partial charge on any atom is -0.507 e. The van der Waals surface area contributed by atoms with Gasteiger partial charge < -0.3 is 46.2 Å². The topological polar surface area (TPSA) is 219 Å². The number of thiazole rings is 1. The molecule has 0 radical (unpaired) electrons. The van der Waals surface area contributed by atoms with E-state index in [1.165, 1.54) is 4.90 Å². The lowest BCUT2D eigenvalue weighted by atomic mass is 9.85. The molecular formula is C52H68N12O5S. The molecule has 3 aromatic heterocycles. The minimum atomic E-state index is -0.872. The Labute approximate surface area is 414 Å². The summed E-state index contributed by atoms with van der Waals surface area (Å²) in [6.07, 6.45) is 6.96. The molecule has 18 heteroatoms. The van der Waals surface area contributed by atoms with Crippen LogP contribution in [0.5, 0.6) is 5.75 Å². The van der Waals surface area contributed by atoms with Crippen molar-refractivity contribution in [1.82, 2.24) is 45.6 Å². The molecule has 0 aliphatic carbocycles. The molecule has 5 aromatic rings. The van der Waals surface area contributed by atoms with Crippen molar-refractivity contribution in [3.63, 3.8) is 0 Å². The zero-order valence-corrected chi connectivity index (χ0v) is 42.0. The van der Waals surface area contributed by atoms with E-state index < -0.39 is 23.6 Å². The van der Waals surface area contributed by atoms with E-state index in [0.717, 1.165) is 71.8 Å². The van der Waals surface area contributed by atoms with Gasteiger partial charge in [-0.15, -0.1) is 21.5 Å². The summed E-state index contributed by atoms with van der Waals surface area (Å²) < 4.78 is 0. The number of phenolic OH excluding ortho intramolecular Hbond substituents is 1. The van der Waals surface area contributed by atoms with Crippen molar-refractivity contribution in [2.75, 3.05) is 54.8 Å². The molecule has 3 saturated heterocycles. The Morgan fingerprint density at radius 1 is 0.971 bits per heavy atom. The van der Waals surface area contributed by atoms with Crippen LogP contribution in [0.1, 0.15) is 95.9 Å². The number of para-hydroxylation sites is 1. The molecule has 0 saturated carbocycles. The number of aliphatic hydroxyl groups is 1. The van der Waals surface area contributed by atoms with Crippen molar-refractivity contribution < 1.29 is 24.6 Å². The molecule has 0 bridgehead atoms. The number of β-amino-alcohol motifs (C(OH)–C–C–N with tert-alkyl or cyclic N) is 1. The number of benzene rings is 2. The molecule has 372 valence electrons. The lowest BCUT2D eigenvalue weighted by Crippen LogP contribution is -2.58. The van der Waals surface area contributed by atoms with Gasteiger partial charge in [-0.05, 0) is 105 Å². The molecular weight excluding hydrogens is 905 g/mol. The summed E-state index contributed by atoms with van der Waals surface area (Å²) in [5.74, 6) is 0.624. The maximum absolute atomic E-state index is 14.2. The first-order valence-electron chi connectivity index (χ1n) is 24.6. The number of aryl methyl sites for hydroxylation is 1. The highest BCUT2D eigenvalue weighted by Gasteiger charge is 2.44. The number of carbonyl (C=O) groups is 3. The van der Waals surface area contributed by atoms with Crippen LogP contribution in [0.15, 0.2) is 72.5 Å². The fourth-order valence-corrected chi connectivity index (χ4v) is 11.0. The number of amides is 3. The maximum atomic E-state index is 14.2. The fraction of sp³-hybridized carbons (Fsp3) is 0.500. The van der Waals surface area contributed by atoms with Crippen molar-refractivity contribution in [2.24, 2.45) is 5.41 Å². The van der Waals surface area contributed by atoms with E-state index in [4.69, 9.17) is 15.7 Å². The molecule has 3 aliphatic rings. The van der Waals surface area contributed by atoms with Gasteiger partial charge in [-0.2, -0.15) is 0 Å². The Balaban J connectivity index is 0.791. The summed E-state index contributed by atoms with van der Waals surface area (Å²) in [5.41, 5.74) is 13.6. The monoisotopic (exact) mass is 973 g/mol. The number of nitrogen functional groups attached to an aromatic ring is 1. The highest BCUT2D eigenvalue weighted by molar-refractivity contribution is 7.13. The Hall–Kier alpha value is -6.24. The number of rotatable bonds is 15. The van der Waals surface area contributed by atoms with Crippen molar-refractivity contribution >= 4 is 46.5 Å². The van der Waals surface area contributed by atoms with Crippen LogP contribution in [-0.2, 0) is 20.9 Å². The van der Waals surface area contributed by atoms with Crippen molar-refractivity contribution in [1.29, 1.82) is 0 Å². The molecule has 2 aromatic carbocycles. The number of nitrogens with zero attached hydrogens (tertiary/aromatic N) is 9. The number of piperidine rings is 1. The summed E-state index contributed by atoms with van der Waals surface area (Å²) in [5, 5.41) is 35.6. The predicted octanol–water partition coefficient (Wildman–Crippen LogP) is 5.92. The molecule has 3 aliphatic heterocycles. The number of carbonyl (C=O) groups excluding carboxylic acids is 3. The molecule has 6 N–H and O–H groups in total. The standard InChI is InChI=1S/C52H68N12O5S/c1-7-38-29-62(42-24-41(59-60-48(42)53)40-11-8-9-12-44(40)66)28-32(2)64(38)51-55-26-37(27-56-51)35-18-21-61(22-19-35)20-10-13-45(67)58-47(52(4,5)6)50(69)63-30-39(65)23-43(63)49(68)54-25-34-14-16-36(17-15-34)46-33(3)57-31-70-46/h8-9,11-12,14-17,24,26-27,31-32,35,38-39,43,47,65-66H,7,10,13,18-23,25,28-30H2,1-6H3,(H2,53,60)(H,54,68)(H,58,67)/t32?,38?,39-,43+,47-/m1/s1. The summed E-state index contributed by atoms with van der Waals surface area (Å²) in [4.78, 5) is 64.8. The first-order chi connectivity index (χ1) is 33.6. The Bertz CT molecular complexity index is 2600. The van der Waals surface area contributed by atoms with Crippen molar-refractivity contribution in [2.45, 2.75) is 123 Å². The second-order valence-corrected chi connectivity index (χ2v) is 21.1. The molecule has 8 rings (SSSR count). The van der Waals surface area contributed by atoms with E-state index in [9.17, 15) is 24.6 Å². The van der Waals surface area contributed by atoms with Gasteiger partial charge in [-0.1, -0.05) is 64.1 Å². The average molecular weight is 973 g/mol. The summed E-state index contributed by atoms with van der Waals surface area (Å²) >= 11 is 1.58. The van der Waals surface area contributed by atoms with Gasteiger partial charge in [0.05, 0.1) is 33.6 Å². The lowest BCUT2D eigenvalue weighted by molar-refractivity contribution is -0.144. The van der Waals surface area contributed by atoms with E-state index >= 15 is 0 Å². The largest absolute Gasteiger partial charge is 0.507 e. The van der Waals surface area contributed by atoms with Gasteiger partial charge in [-0.3, -0.25) is 14.4 Å². The van der Waals surface area contributed by atoms with Crippen LogP contribution < -0.4 is 26.2 Å². The summed E-state index contributed by atoms with van der Waals surface area (Å²) in [6, 6.07) is 15.4. The number of piperazine rings is 1. The van der Waals surface area contributed by atoms with Gasteiger partial charge >= 0.3 is 0 Å². The van der Waals surface area contributed by atoms with Crippen LogP contribution >= 0.6 is 11.3 Å². The smallest absolute Gasteiger partial charge is 0.246 e. The second kappa shape index (κ2) is 21.8. The SMILES string of the molecule is CCC1CN(c2cc(-c3ccccc3O)nnc2N)CC(C)N1c1ncc(C2CCN(CCCC(=O)N[C@H](C(=O)N3C[C@H](O)C[C@H]3C(=O)NCc3ccc(-c4scnc4C)cc3)C(C)(C)C)CC2)cn1. The first-order valence-corrected chi connectivity index (χ1v) is 25.5. The van der Waals surface area contributed by atoms with Gasteiger partial charge in [0.1, 0.15) is 17.8 Å². The normalized spacial score (nSPS) is 20.6. The number of anilines is 3. The van der Waals surface area contributed by atoms with Gasteiger partial charge in [0.15, 0.2) is 5.82 Å². The molecule has 0 spiro atoms. The third-order valence-electron chi connectivity index (χ3n) is 14.1. The number of hydrogen-bond acceptors (Lipinski definition) is 15. The molecule has 5 atom stereocenters. The maximum Gasteiger partial charge on any atom is 0.246 e. The third-order valence-corrected chi connectivity index (χ3v) is 15.1. The average Bonchev–Trinajstić information content (AvgIpc) is 3.97. The number of nitrogens with one attached hydrogen (secondary N) is 2. The quantitative estimate of drug-likeness (QED) is 0.0824. The third kappa shape index (κ3) is 11.5. The van der Waals surface area contributed by atoms with Crippen LogP contribution in [-0.4, -0.2) is 132 Å². The molecule has 2 unspecified atom stereocenters. The Morgan fingerprint density at radius 3 is 2.37 bits per heavy atom. The van der Waals surface area contributed by atoms with E-state index in [0.29, 0.717) is 48.5 Å². The Kier molecular flexibility index (Phi) is 15.6. The van der Waals surface area contributed by atoms with E-state index in [2.05, 4.69) is 54.4 Å². The van der Waals surface area contributed by atoms with E-state index in [-0.39, 0.29) is 61.5 Å². The highest BCUT2D eigenvalue weighted by atomic mass is 32.1. The number of hydrogen-bond donors (Lipinski definition) is 5. The molecule has 17 nitrogen and oxygen atoms in total. The second-order valence-electron chi connectivity index (χ2n) is 20.2. The molecule has 3 fully saturated rings. The zero-order chi connectivity index (χ0) is 49.7. The summed E-state index contributed by atoms with van der Waals surface area (Å²) in [6.45, 7) is 16.3. The Morgan fingerprint density at radius 2 is 1.70 bits per heavy atom. The molecule has 70 heavy (non-hydrogen) atoms. The molecule has 6 heterocycles. The predicted molar refractivity (Wildman–Crippen MR) is 273 cm³/mol. The van der Waals surface area contributed by atoms with Crippen molar-refractivity contribution in [3.8, 4) is 27.4 Å². The summed E-state index contributed by atoms with van der Waals surface area (Å²) in [7, 11) is 0. The van der Waals surface area contributed by atoms with Gasteiger partial charge in [0.2, 0.25) is 23.7 Å². The van der Waals surface area contributed by atoms with Crippen LogP contribution in [0.25, 0.3) is 21.7 Å².